The summed E-state index contributed by atoms with van der Waals surface area (Å²) in [5, 5.41) is 11.8. The van der Waals surface area contributed by atoms with Crippen molar-refractivity contribution in [2.45, 2.75) is 56.8 Å². The second-order valence-electron chi connectivity index (χ2n) is 10.2. The number of hydrogen-bond acceptors (Lipinski definition) is 4. The van der Waals surface area contributed by atoms with Gasteiger partial charge >= 0.3 is 10.3 Å². The first-order valence-corrected chi connectivity index (χ1v) is 15.1. The molecule has 2 atom stereocenters. The summed E-state index contributed by atoms with van der Waals surface area (Å²) in [6, 6.07) is 17.4. The highest BCUT2D eigenvalue weighted by Gasteiger charge is 2.50. The maximum absolute atomic E-state index is 12.7. The number of aliphatic hydroxyl groups is 1. The van der Waals surface area contributed by atoms with Crippen LogP contribution in [0.3, 0.4) is 0 Å². The van der Waals surface area contributed by atoms with Gasteiger partial charge in [-0.05, 0) is 28.1 Å². The van der Waals surface area contributed by atoms with Gasteiger partial charge in [-0.1, -0.05) is 88.5 Å². The largest absolute Gasteiger partial charge is 0.379 e. The number of imidazole rings is 1. The molecule has 0 fully saturated rings. The molecule has 0 spiro atoms. The molecule has 0 saturated heterocycles. The maximum atomic E-state index is 12.7. The number of aromatic nitrogens is 2. The average Bonchev–Trinajstić information content (AvgIpc) is 3.30. The van der Waals surface area contributed by atoms with Crippen LogP contribution in [-0.4, -0.2) is 35.1 Å². The summed E-state index contributed by atoms with van der Waals surface area (Å²) >= 11 is 0. The molecule has 170 valence electrons. The van der Waals surface area contributed by atoms with Crippen LogP contribution >= 0.6 is 0 Å². The van der Waals surface area contributed by atoms with Gasteiger partial charge in [0.1, 0.15) is 19.1 Å². The molecule has 6 nitrogen and oxygen atoms in total. The monoisotopic (exact) mass is 470 g/mol. The zero-order chi connectivity index (χ0) is 23.5. The van der Waals surface area contributed by atoms with Crippen molar-refractivity contribution in [3.8, 4) is 0 Å². The van der Waals surface area contributed by atoms with Crippen LogP contribution in [0.4, 0.5) is 0 Å². The molecule has 1 aromatic heterocycles. The smallest absolute Gasteiger partial charge is 0.364 e. The maximum Gasteiger partial charge on any atom is 0.364 e. The molecule has 1 aliphatic rings. The summed E-state index contributed by atoms with van der Waals surface area (Å²) in [7, 11) is -7.16. The van der Waals surface area contributed by atoms with E-state index < -0.39 is 24.0 Å². The van der Waals surface area contributed by atoms with Crippen molar-refractivity contribution in [2.75, 3.05) is 0 Å². The Kier molecular flexibility index (Phi) is 5.28. The Morgan fingerprint density at radius 3 is 2.25 bits per heavy atom. The van der Waals surface area contributed by atoms with E-state index in [1.54, 1.807) is 0 Å². The van der Waals surface area contributed by atoms with E-state index in [2.05, 4.69) is 4.98 Å². The van der Waals surface area contributed by atoms with Gasteiger partial charge < -0.3 is 5.11 Å². The van der Waals surface area contributed by atoms with Crippen LogP contribution in [0.5, 0.6) is 0 Å². The van der Waals surface area contributed by atoms with Gasteiger partial charge in [-0.3, -0.25) is 4.55 Å². The summed E-state index contributed by atoms with van der Waals surface area (Å²) in [6.45, 7) is 10.2. The zero-order valence-electron chi connectivity index (χ0n) is 19.1. The Bertz CT molecular complexity index is 1260. The molecule has 0 amide bonds. The molecular weight excluding hydrogens is 440 g/mol. The molecule has 0 aliphatic heterocycles. The standard InChI is InChI=1S/C24H30N2O4SSi/c1-23(2,3)32(4,5)22-25-16-21(26(22)31(28,29)30)24(27)15-19(17-11-7-6-8-12-17)18-13-9-10-14-20(18)24/h6-14,16,19,27H,15H2,1-5H3,(H,28,29,30). The fraction of sp³-hybridized carbons (Fsp3) is 0.375. The normalized spacial score (nSPS) is 21.5. The quantitative estimate of drug-likeness (QED) is 0.444. The van der Waals surface area contributed by atoms with Gasteiger partial charge in [0.2, 0.25) is 0 Å². The van der Waals surface area contributed by atoms with Gasteiger partial charge in [0.15, 0.2) is 0 Å². The minimum absolute atomic E-state index is 0.0886. The van der Waals surface area contributed by atoms with Crippen molar-refractivity contribution in [1.82, 2.24) is 8.96 Å². The minimum Gasteiger partial charge on any atom is -0.379 e. The van der Waals surface area contributed by atoms with Crippen LogP contribution in [0.15, 0.2) is 60.8 Å². The highest BCUT2D eigenvalue weighted by molar-refractivity contribution is 7.84. The van der Waals surface area contributed by atoms with E-state index in [0.29, 0.717) is 11.0 Å². The van der Waals surface area contributed by atoms with Gasteiger partial charge in [-0.25, -0.2) is 8.96 Å². The lowest BCUT2D eigenvalue weighted by atomic mass is 9.90. The molecule has 4 rings (SSSR count). The highest BCUT2D eigenvalue weighted by Crippen LogP contribution is 2.51. The Hall–Kier alpha value is -2.26. The fourth-order valence-electron chi connectivity index (χ4n) is 4.52. The Labute approximate surface area is 190 Å². The predicted octanol–water partition coefficient (Wildman–Crippen LogP) is 4.02. The van der Waals surface area contributed by atoms with Crippen LogP contribution in [0, 0.1) is 0 Å². The van der Waals surface area contributed by atoms with Gasteiger partial charge in [0.05, 0.1) is 11.9 Å². The molecule has 0 radical (unpaired) electrons. The lowest BCUT2D eigenvalue weighted by molar-refractivity contribution is 0.0740. The molecule has 0 saturated carbocycles. The molecule has 2 aromatic carbocycles. The third kappa shape index (κ3) is 3.46. The van der Waals surface area contributed by atoms with E-state index in [1.165, 1.54) is 6.20 Å². The van der Waals surface area contributed by atoms with E-state index in [1.807, 2.05) is 88.5 Å². The molecule has 32 heavy (non-hydrogen) atoms. The van der Waals surface area contributed by atoms with Crippen LogP contribution < -0.4 is 5.45 Å². The van der Waals surface area contributed by atoms with Crippen molar-refractivity contribution < 1.29 is 18.1 Å². The topological polar surface area (TPSA) is 92.4 Å². The molecule has 1 aliphatic carbocycles. The number of rotatable bonds is 4. The second kappa shape index (κ2) is 7.38. The minimum atomic E-state index is -4.70. The third-order valence-electron chi connectivity index (χ3n) is 7.29. The Morgan fingerprint density at radius 1 is 1.06 bits per heavy atom. The predicted molar refractivity (Wildman–Crippen MR) is 128 cm³/mol. The van der Waals surface area contributed by atoms with Crippen LogP contribution in [0.1, 0.15) is 55.5 Å². The van der Waals surface area contributed by atoms with E-state index in [0.717, 1.165) is 15.1 Å². The van der Waals surface area contributed by atoms with E-state index in [9.17, 15) is 18.1 Å². The van der Waals surface area contributed by atoms with Crippen molar-refractivity contribution in [1.29, 1.82) is 0 Å². The Morgan fingerprint density at radius 2 is 1.66 bits per heavy atom. The van der Waals surface area contributed by atoms with Crippen molar-refractivity contribution in [3.63, 3.8) is 0 Å². The Balaban J connectivity index is 1.97. The molecule has 2 N–H and O–H groups in total. The van der Waals surface area contributed by atoms with Crippen molar-refractivity contribution in [3.05, 3.63) is 83.2 Å². The zero-order valence-corrected chi connectivity index (χ0v) is 20.9. The fourth-order valence-corrected chi connectivity index (χ4v) is 7.95. The van der Waals surface area contributed by atoms with E-state index in [-0.39, 0.29) is 23.1 Å². The molecule has 2 unspecified atom stereocenters. The summed E-state index contributed by atoms with van der Waals surface area (Å²) in [6.07, 6.45) is 1.68. The molecule has 1 heterocycles. The van der Waals surface area contributed by atoms with Crippen LogP contribution in [-0.2, 0) is 15.9 Å². The molecule has 8 heteroatoms. The SMILES string of the molecule is CC(C)(C)[Si](C)(C)c1ncc(C2(O)CC(c3ccccc3)c3ccccc32)n1S(=O)(=O)O. The van der Waals surface area contributed by atoms with Gasteiger partial charge in [0.25, 0.3) is 0 Å². The van der Waals surface area contributed by atoms with E-state index in [4.69, 9.17) is 0 Å². The molecule has 3 aromatic rings. The number of nitrogens with zero attached hydrogens (tertiary/aromatic N) is 2. The molecular formula is C24H30N2O4SSi. The summed E-state index contributed by atoms with van der Waals surface area (Å²) in [5.41, 5.74) is 1.43. The first-order chi connectivity index (χ1) is 14.8. The average molecular weight is 471 g/mol. The van der Waals surface area contributed by atoms with E-state index >= 15 is 0 Å². The summed E-state index contributed by atoms with van der Waals surface area (Å²) in [4.78, 5) is 4.51. The third-order valence-corrected chi connectivity index (χ3v) is 13.5. The second-order valence-corrected chi connectivity index (χ2v) is 16.7. The molecule has 0 bridgehead atoms. The lowest BCUT2D eigenvalue weighted by Crippen LogP contribution is -2.55. The highest BCUT2D eigenvalue weighted by atomic mass is 32.2. The van der Waals surface area contributed by atoms with Crippen molar-refractivity contribution >= 4 is 23.8 Å². The van der Waals surface area contributed by atoms with Gasteiger partial charge in [-0.2, -0.15) is 8.42 Å². The number of hydrogen-bond donors (Lipinski definition) is 2. The van der Waals surface area contributed by atoms with Gasteiger partial charge in [0, 0.05) is 5.92 Å². The van der Waals surface area contributed by atoms with Gasteiger partial charge in [-0.15, -0.1) is 0 Å². The summed E-state index contributed by atoms with van der Waals surface area (Å²) in [5.74, 6) is -0.113. The van der Waals surface area contributed by atoms with Crippen LogP contribution in [0.2, 0.25) is 18.1 Å². The first kappa shape index (κ1) is 22.9. The summed E-state index contributed by atoms with van der Waals surface area (Å²) < 4.78 is 36.5. The first-order valence-electron chi connectivity index (χ1n) is 10.7. The number of benzene rings is 2. The lowest BCUT2D eigenvalue weighted by Gasteiger charge is -2.36. The van der Waals surface area contributed by atoms with Crippen molar-refractivity contribution in [2.24, 2.45) is 0 Å². The van der Waals surface area contributed by atoms with Crippen LogP contribution in [0.25, 0.3) is 0 Å². The number of fused-ring (bicyclic) bond motifs is 1.